The molecule has 7 nitrogen and oxygen atoms in total. The van der Waals surface area contributed by atoms with Crippen LogP contribution in [0.1, 0.15) is 0 Å². The second-order valence-electron chi connectivity index (χ2n) is 2.62. The second kappa shape index (κ2) is 8.88. The van der Waals surface area contributed by atoms with E-state index in [-0.39, 0.29) is 23.0 Å². The lowest BCUT2D eigenvalue weighted by atomic mass is 10.7. The van der Waals surface area contributed by atoms with Crippen molar-refractivity contribution in [3.05, 3.63) is 0 Å². The van der Waals surface area contributed by atoms with Gasteiger partial charge in [-0.05, 0) is 0 Å². The number of carboxylic acid groups (broad SMARTS) is 2. The van der Waals surface area contributed by atoms with E-state index in [0.717, 1.165) is 23.5 Å². The van der Waals surface area contributed by atoms with Gasteiger partial charge < -0.3 is 14.9 Å². The fourth-order valence-corrected chi connectivity index (χ4v) is 1.63. The maximum absolute atomic E-state index is 10.9. The number of thioether (sulfide) groups is 2. The summed E-state index contributed by atoms with van der Waals surface area (Å²) >= 11 is 1.63. The third-order valence-electron chi connectivity index (χ3n) is 1.12. The Hall–Kier alpha value is -1.22. The summed E-state index contributed by atoms with van der Waals surface area (Å²) in [6.07, 6.45) is 0. The molecule has 0 aromatic rings. The molecule has 0 aliphatic rings. The first kappa shape index (κ1) is 15.8. The maximum Gasteiger partial charge on any atom is 0.323 e. The maximum atomic E-state index is 10.9. The van der Waals surface area contributed by atoms with Crippen molar-refractivity contribution < 1.29 is 34.1 Å². The summed E-state index contributed by atoms with van der Waals surface area (Å²) in [6.45, 7) is 0. The Morgan fingerprint density at radius 1 is 0.765 bits per heavy atom. The van der Waals surface area contributed by atoms with E-state index in [0.29, 0.717) is 0 Å². The molecule has 0 heterocycles. The van der Waals surface area contributed by atoms with E-state index in [1.54, 1.807) is 0 Å². The van der Waals surface area contributed by atoms with Gasteiger partial charge in [0.1, 0.15) is 0 Å². The molecule has 0 saturated carbocycles. The van der Waals surface area contributed by atoms with Gasteiger partial charge in [-0.1, -0.05) is 0 Å². The van der Waals surface area contributed by atoms with Crippen molar-refractivity contribution >= 4 is 47.4 Å². The zero-order valence-electron chi connectivity index (χ0n) is 8.58. The van der Waals surface area contributed by atoms with E-state index < -0.39 is 23.9 Å². The Morgan fingerprint density at radius 2 is 1.12 bits per heavy atom. The molecular formula is C8H10O7S2. The fourth-order valence-electron chi connectivity index (χ4n) is 0.629. The summed E-state index contributed by atoms with van der Waals surface area (Å²) in [5.74, 6) is -4.77. The van der Waals surface area contributed by atoms with Crippen LogP contribution in [0.3, 0.4) is 0 Å². The van der Waals surface area contributed by atoms with Gasteiger partial charge in [-0.3, -0.25) is 19.2 Å². The number of hydrogen-bond donors (Lipinski definition) is 2. The van der Waals surface area contributed by atoms with Crippen molar-refractivity contribution in [2.45, 2.75) is 0 Å². The van der Waals surface area contributed by atoms with Crippen molar-refractivity contribution in [2.24, 2.45) is 0 Å². The van der Waals surface area contributed by atoms with E-state index in [9.17, 15) is 19.2 Å². The predicted octanol–water partition coefficient (Wildman–Crippen LogP) is -0.308. The van der Waals surface area contributed by atoms with Crippen LogP contribution in [0.2, 0.25) is 0 Å². The molecule has 0 atom stereocenters. The Bertz CT molecular complexity index is 285. The van der Waals surface area contributed by atoms with Crippen LogP contribution in [0.5, 0.6) is 0 Å². The molecule has 17 heavy (non-hydrogen) atoms. The number of hydrogen-bond acceptors (Lipinski definition) is 7. The van der Waals surface area contributed by atoms with Crippen molar-refractivity contribution in [2.75, 3.05) is 23.0 Å². The predicted molar refractivity (Wildman–Crippen MR) is 61.0 cm³/mol. The Labute approximate surface area is 105 Å². The van der Waals surface area contributed by atoms with E-state index in [1.807, 2.05) is 0 Å². The molecule has 0 aliphatic carbocycles. The van der Waals surface area contributed by atoms with Crippen molar-refractivity contribution in [1.82, 2.24) is 0 Å². The molecule has 9 heteroatoms. The number of aliphatic carboxylic acids is 2. The average Bonchev–Trinajstić information content (AvgIpc) is 2.15. The molecule has 0 unspecified atom stereocenters. The molecule has 2 N–H and O–H groups in total. The Morgan fingerprint density at radius 3 is 1.41 bits per heavy atom. The van der Waals surface area contributed by atoms with E-state index in [4.69, 9.17) is 10.2 Å². The first-order valence-corrected chi connectivity index (χ1v) is 6.55. The van der Waals surface area contributed by atoms with Gasteiger partial charge in [0.2, 0.25) is 0 Å². The Kier molecular flexibility index (Phi) is 8.24. The number of carbonyl (C=O) groups excluding carboxylic acids is 2. The molecule has 0 fully saturated rings. The van der Waals surface area contributed by atoms with Crippen LogP contribution in [-0.4, -0.2) is 57.1 Å². The fraction of sp³-hybridized carbons (Fsp3) is 0.500. The SMILES string of the molecule is O=C(O)CSCC(=O)OC(=O)CSCC(=O)O. The van der Waals surface area contributed by atoms with E-state index in [2.05, 4.69) is 4.74 Å². The standard InChI is InChI=1S/C8H10O7S2/c9-5(10)1-16-3-7(13)15-8(14)4-17-2-6(11)12/h1-4H2,(H,9,10)(H,11,12). The van der Waals surface area contributed by atoms with Gasteiger partial charge in [-0.15, -0.1) is 23.5 Å². The zero-order valence-corrected chi connectivity index (χ0v) is 10.2. The zero-order chi connectivity index (χ0) is 13.3. The number of carboxylic acids is 2. The average molecular weight is 282 g/mol. The minimum absolute atomic E-state index is 0.234. The smallest absolute Gasteiger partial charge is 0.323 e. The summed E-state index contributed by atoms with van der Waals surface area (Å²) < 4.78 is 4.31. The molecule has 96 valence electrons. The summed E-state index contributed by atoms with van der Waals surface area (Å²) in [6, 6.07) is 0. The van der Waals surface area contributed by atoms with Gasteiger partial charge in [0.05, 0.1) is 23.0 Å². The van der Waals surface area contributed by atoms with Crippen LogP contribution in [-0.2, 0) is 23.9 Å². The normalized spacial score (nSPS) is 9.65. The van der Waals surface area contributed by atoms with Gasteiger partial charge in [0.25, 0.3) is 0 Å². The summed E-state index contributed by atoms with van der Waals surface area (Å²) in [5, 5.41) is 16.6. The minimum atomic E-state index is -1.06. The molecule has 0 radical (unpaired) electrons. The highest BCUT2D eigenvalue weighted by Crippen LogP contribution is 2.03. The van der Waals surface area contributed by atoms with Crippen LogP contribution in [0.4, 0.5) is 0 Å². The number of rotatable bonds is 8. The molecular weight excluding hydrogens is 272 g/mol. The Balaban J connectivity index is 3.62. The third-order valence-corrected chi connectivity index (χ3v) is 2.90. The molecule has 0 aromatic carbocycles. The molecule has 0 amide bonds. The van der Waals surface area contributed by atoms with Crippen LogP contribution in [0.25, 0.3) is 0 Å². The monoisotopic (exact) mass is 282 g/mol. The summed E-state index contributed by atoms with van der Waals surface area (Å²) in [4.78, 5) is 42.1. The highest BCUT2D eigenvalue weighted by atomic mass is 32.2. The van der Waals surface area contributed by atoms with Gasteiger partial charge in [-0.2, -0.15) is 0 Å². The second-order valence-corrected chi connectivity index (χ2v) is 4.59. The quantitative estimate of drug-likeness (QED) is 0.456. The molecule has 0 spiro atoms. The van der Waals surface area contributed by atoms with Crippen molar-refractivity contribution in [1.29, 1.82) is 0 Å². The van der Waals surface area contributed by atoms with Gasteiger partial charge in [-0.25, -0.2) is 0 Å². The number of ether oxygens (including phenoxy) is 1. The van der Waals surface area contributed by atoms with E-state index in [1.165, 1.54) is 0 Å². The highest BCUT2D eigenvalue weighted by Gasteiger charge is 2.12. The molecule has 0 rings (SSSR count). The topological polar surface area (TPSA) is 118 Å². The molecule has 0 saturated heterocycles. The summed E-state index contributed by atoms with van der Waals surface area (Å²) in [7, 11) is 0. The largest absolute Gasteiger partial charge is 0.481 e. The molecule has 0 bridgehead atoms. The molecule has 0 aromatic heterocycles. The number of esters is 2. The molecule has 0 aliphatic heterocycles. The minimum Gasteiger partial charge on any atom is -0.481 e. The first-order chi connectivity index (χ1) is 7.91. The number of carbonyl (C=O) groups is 4. The van der Waals surface area contributed by atoms with Crippen LogP contribution in [0.15, 0.2) is 0 Å². The van der Waals surface area contributed by atoms with Crippen LogP contribution in [0, 0.1) is 0 Å². The lowest BCUT2D eigenvalue weighted by Gasteiger charge is -2.01. The van der Waals surface area contributed by atoms with Crippen LogP contribution >= 0.6 is 23.5 Å². The lowest BCUT2D eigenvalue weighted by molar-refractivity contribution is -0.155. The first-order valence-electron chi connectivity index (χ1n) is 4.24. The van der Waals surface area contributed by atoms with Crippen LogP contribution < -0.4 is 0 Å². The van der Waals surface area contributed by atoms with Gasteiger partial charge in [0.15, 0.2) is 0 Å². The third kappa shape index (κ3) is 11.1. The van der Waals surface area contributed by atoms with Crippen molar-refractivity contribution in [3.63, 3.8) is 0 Å². The van der Waals surface area contributed by atoms with E-state index >= 15 is 0 Å². The highest BCUT2D eigenvalue weighted by molar-refractivity contribution is 8.00. The van der Waals surface area contributed by atoms with Crippen molar-refractivity contribution in [3.8, 4) is 0 Å². The van der Waals surface area contributed by atoms with Gasteiger partial charge >= 0.3 is 23.9 Å². The van der Waals surface area contributed by atoms with Gasteiger partial charge in [0, 0.05) is 0 Å². The lowest BCUT2D eigenvalue weighted by Crippen LogP contribution is -2.17. The summed E-state index contributed by atoms with van der Waals surface area (Å²) in [5.41, 5.74) is 0.